The van der Waals surface area contributed by atoms with Crippen LogP contribution in [0.15, 0.2) is 29.3 Å². The lowest BCUT2D eigenvalue weighted by atomic mass is 10.2. The van der Waals surface area contributed by atoms with Crippen molar-refractivity contribution >= 4 is 17.5 Å². The molecule has 0 radical (unpaired) electrons. The van der Waals surface area contributed by atoms with Crippen molar-refractivity contribution in [2.45, 2.75) is 0 Å². The number of benzene rings is 1. The quantitative estimate of drug-likeness (QED) is 0.786. The van der Waals surface area contributed by atoms with Gasteiger partial charge in [-0.1, -0.05) is 6.07 Å². The SMILES string of the molecule is O=C(O)c1cccc(NC2=NCCOC2)c1. The molecule has 1 heterocycles. The van der Waals surface area contributed by atoms with Crippen LogP contribution in [0.4, 0.5) is 5.69 Å². The van der Waals surface area contributed by atoms with E-state index in [0.717, 1.165) is 5.84 Å². The van der Waals surface area contributed by atoms with Crippen LogP contribution in [0, 0.1) is 0 Å². The molecule has 16 heavy (non-hydrogen) atoms. The molecule has 0 saturated carbocycles. The molecular formula is C11H12N2O3. The van der Waals surface area contributed by atoms with E-state index in [-0.39, 0.29) is 5.56 Å². The van der Waals surface area contributed by atoms with E-state index in [1.54, 1.807) is 24.3 Å². The second-order valence-electron chi connectivity index (χ2n) is 3.39. The zero-order chi connectivity index (χ0) is 11.4. The van der Waals surface area contributed by atoms with Crippen molar-refractivity contribution < 1.29 is 14.6 Å². The predicted molar refractivity (Wildman–Crippen MR) is 60.1 cm³/mol. The number of carbonyl (C=O) groups is 1. The first-order valence-electron chi connectivity index (χ1n) is 4.97. The van der Waals surface area contributed by atoms with Crippen LogP contribution in [0.2, 0.25) is 0 Å². The molecule has 1 aromatic carbocycles. The van der Waals surface area contributed by atoms with Crippen LogP contribution < -0.4 is 5.32 Å². The molecule has 2 rings (SSSR count). The molecule has 0 spiro atoms. The lowest BCUT2D eigenvalue weighted by Crippen LogP contribution is -2.24. The maximum absolute atomic E-state index is 10.8. The lowest BCUT2D eigenvalue weighted by Gasteiger charge is -2.14. The third-order valence-corrected chi connectivity index (χ3v) is 2.18. The van der Waals surface area contributed by atoms with Crippen molar-refractivity contribution in [3.63, 3.8) is 0 Å². The Hall–Kier alpha value is -1.88. The van der Waals surface area contributed by atoms with Crippen molar-refractivity contribution in [3.8, 4) is 0 Å². The third kappa shape index (κ3) is 2.58. The topological polar surface area (TPSA) is 70.9 Å². The van der Waals surface area contributed by atoms with E-state index in [4.69, 9.17) is 9.84 Å². The fourth-order valence-electron chi connectivity index (χ4n) is 1.43. The van der Waals surface area contributed by atoms with Crippen LogP contribution in [-0.2, 0) is 4.74 Å². The number of nitrogens with one attached hydrogen (secondary N) is 1. The Morgan fingerprint density at radius 1 is 1.50 bits per heavy atom. The Morgan fingerprint density at radius 2 is 2.38 bits per heavy atom. The lowest BCUT2D eigenvalue weighted by molar-refractivity contribution is 0.0697. The van der Waals surface area contributed by atoms with Gasteiger partial charge in [0.15, 0.2) is 0 Å². The Morgan fingerprint density at radius 3 is 3.06 bits per heavy atom. The monoisotopic (exact) mass is 220 g/mol. The maximum Gasteiger partial charge on any atom is 0.335 e. The number of hydrogen-bond donors (Lipinski definition) is 2. The van der Waals surface area contributed by atoms with E-state index >= 15 is 0 Å². The van der Waals surface area contributed by atoms with Crippen molar-refractivity contribution in [2.24, 2.45) is 4.99 Å². The van der Waals surface area contributed by atoms with Gasteiger partial charge in [-0.15, -0.1) is 0 Å². The number of nitrogens with zero attached hydrogens (tertiary/aromatic N) is 1. The van der Waals surface area contributed by atoms with Crippen LogP contribution >= 0.6 is 0 Å². The van der Waals surface area contributed by atoms with Gasteiger partial charge in [0, 0.05) is 5.69 Å². The van der Waals surface area contributed by atoms with E-state index in [2.05, 4.69) is 10.3 Å². The highest BCUT2D eigenvalue weighted by Gasteiger charge is 2.07. The highest BCUT2D eigenvalue weighted by Crippen LogP contribution is 2.11. The molecule has 0 amide bonds. The standard InChI is InChI=1S/C11H12N2O3/c14-11(15)8-2-1-3-9(6-8)13-10-7-16-5-4-12-10/h1-3,6H,4-5,7H2,(H,12,13)(H,14,15). The number of aliphatic imine (C=N–C) groups is 1. The minimum absolute atomic E-state index is 0.252. The van der Waals surface area contributed by atoms with Crippen LogP contribution in [0.25, 0.3) is 0 Å². The Kier molecular flexibility index (Phi) is 3.16. The zero-order valence-electron chi connectivity index (χ0n) is 8.64. The molecule has 0 aliphatic carbocycles. The first-order valence-corrected chi connectivity index (χ1v) is 4.97. The average molecular weight is 220 g/mol. The predicted octanol–water partition coefficient (Wildman–Crippen LogP) is 1.23. The van der Waals surface area contributed by atoms with Crippen LogP contribution in [0.5, 0.6) is 0 Å². The Balaban J connectivity index is 2.12. The van der Waals surface area contributed by atoms with Gasteiger partial charge in [-0.25, -0.2) is 4.79 Å². The number of rotatable bonds is 2. The number of carboxylic acid groups (broad SMARTS) is 1. The molecule has 5 heteroatoms. The van der Waals surface area contributed by atoms with Crippen molar-refractivity contribution in [1.29, 1.82) is 0 Å². The van der Waals surface area contributed by atoms with Gasteiger partial charge in [-0.3, -0.25) is 4.99 Å². The number of hydrogen-bond acceptors (Lipinski definition) is 4. The molecule has 1 aliphatic heterocycles. The molecule has 84 valence electrons. The first kappa shape index (κ1) is 10.6. The van der Waals surface area contributed by atoms with Crippen molar-refractivity contribution in [2.75, 3.05) is 25.1 Å². The summed E-state index contributed by atoms with van der Waals surface area (Å²) in [5.74, 6) is -0.209. The number of ether oxygens (including phenoxy) is 1. The molecule has 2 N–H and O–H groups in total. The van der Waals surface area contributed by atoms with E-state index in [0.29, 0.717) is 25.4 Å². The van der Waals surface area contributed by atoms with Gasteiger partial charge in [0.2, 0.25) is 0 Å². The molecule has 1 aromatic rings. The van der Waals surface area contributed by atoms with Gasteiger partial charge in [-0.05, 0) is 18.2 Å². The molecule has 0 fully saturated rings. The van der Waals surface area contributed by atoms with Crippen LogP contribution in [0.1, 0.15) is 10.4 Å². The molecule has 0 atom stereocenters. The second kappa shape index (κ2) is 4.76. The molecule has 1 aliphatic rings. The van der Waals surface area contributed by atoms with E-state index in [1.807, 2.05) is 0 Å². The minimum atomic E-state index is -0.939. The first-order chi connectivity index (χ1) is 7.75. The van der Waals surface area contributed by atoms with Gasteiger partial charge in [0.1, 0.15) is 12.4 Å². The molecule has 0 bridgehead atoms. The van der Waals surface area contributed by atoms with Gasteiger partial charge >= 0.3 is 5.97 Å². The summed E-state index contributed by atoms with van der Waals surface area (Å²) in [5, 5.41) is 11.9. The fourth-order valence-corrected chi connectivity index (χ4v) is 1.43. The summed E-state index contributed by atoms with van der Waals surface area (Å²) in [6.07, 6.45) is 0. The summed E-state index contributed by atoms with van der Waals surface area (Å²) in [4.78, 5) is 15.0. The smallest absolute Gasteiger partial charge is 0.335 e. The van der Waals surface area contributed by atoms with Crippen LogP contribution in [0.3, 0.4) is 0 Å². The fraction of sp³-hybridized carbons (Fsp3) is 0.273. The van der Waals surface area contributed by atoms with Gasteiger partial charge in [0.25, 0.3) is 0 Å². The summed E-state index contributed by atoms with van der Waals surface area (Å²) >= 11 is 0. The van der Waals surface area contributed by atoms with Crippen molar-refractivity contribution in [1.82, 2.24) is 0 Å². The number of carboxylic acids is 1. The third-order valence-electron chi connectivity index (χ3n) is 2.18. The van der Waals surface area contributed by atoms with Gasteiger partial charge < -0.3 is 15.2 Å². The molecule has 0 unspecified atom stereocenters. The van der Waals surface area contributed by atoms with E-state index in [9.17, 15) is 4.79 Å². The largest absolute Gasteiger partial charge is 0.478 e. The highest BCUT2D eigenvalue weighted by molar-refractivity contribution is 5.98. The Labute approximate surface area is 92.8 Å². The highest BCUT2D eigenvalue weighted by atomic mass is 16.5. The summed E-state index contributed by atoms with van der Waals surface area (Å²) in [6, 6.07) is 6.60. The minimum Gasteiger partial charge on any atom is -0.478 e. The van der Waals surface area contributed by atoms with E-state index < -0.39 is 5.97 Å². The summed E-state index contributed by atoms with van der Waals surface area (Å²) in [5.41, 5.74) is 0.964. The van der Waals surface area contributed by atoms with E-state index in [1.165, 1.54) is 0 Å². The average Bonchev–Trinajstić information content (AvgIpc) is 2.30. The van der Waals surface area contributed by atoms with Gasteiger partial charge in [0.05, 0.1) is 18.7 Å². The van der Waals surface area contributed by atoms with Crippen molar-refractivity contribution in [3.05, 3.63) is 29.8 Å². The summed E-state index contributed by atoms with van der Waals surface area (Å²) in [7, 11) is 0. The molecular weight excluding hydrogens is 208 g/mol. The second-order valence-corrected chi connectivity index (χ2v) is 3.39. The Bertz CT molecular complexity index is 429. The summed E-state index contributed by atoms with van der Waals surface area (Å²) < 4.78 is 5.22. The van der Waals surface area contributed by atoms with Crippen LogP contribution in [-0.4, -0.2) is 36.7 Å². The maximum atomic E-state index is 10.8. The number of aromatic carboxylic acids is 1. The number of anilines is 1. The zero-order valence-corrected chi connectivity index (χ0v) is 8.64. The molecule has 5 nitrogen and oxygen atoms in total. The summed E-state index contributed by atoms with van der Waals surface area (Å²) in [6.45, 7) is 1.72. The normalized spacial score (nSPS) is 15.4. The number of amidine groups is 1. The molecule has 0 saturated heterocycles. The van der Waals surface area contributed by atoms with Gasteiger partial charge in [-0.2, -0.15) is 0 Å². The molecule has 0 aromatic heterocycles.